The zero-order chi connectivity index (χ0) is 31.7. The van der Waals surface area contributed by atoms with Crippen LogP contribution in [0.2, 0.25) is 0 Å². The molecule has 0 aliphatic carbocycles. The number of hydrogen-bond donors (Lipinski definition) is 1. The maximum atomic E-state index is 13.8. The van der Waals surface area contributed by atoms with Crippen molar-refractivity contribution in [2.24, 2.45) is 0 Å². The van der Waals surface area contributed by atoms with Gasteiger partial charge in [-0.3, -0.25) is 24.4 Å². The number of methoxy groups -OCH3 is 2. The number of nitro benzene ring substituents is 1. The molecule has 11 nitrogen and oxygen atoms in total. The van der Waals surface area contributed by atoms with E-state index in [-0.39, 0.29) is 22.7 Å². The number of nitro groups is 1. The quantitative estimate of drug-likeness (QED) is 0.0699. The number of benzene rings is 4. The third-order valence-corrected chi connectivity index (χ3v) is 7.46. The summed E-state index contributed by atoms with van der Waals surface area (Å²) in [7, 11) is -1.25. The maximum Gasteiger partial charge on any atom is 0.325 e. The minimum absolute atomic E-state index is 0.0456. The first-order valence-electron chi connectivity index (χ1n) is 13.4. The first-order chi connectivity index (χ1) is 21.1. The highest BCUT2D eigenvalue weighted by Crippen LogP contribution is 2.38. The van der Waals surface area contributed by atoms with E-state index in [9.17, 15) is 23.3 Å². The average Bonchev–Trinajstić information content (AvgIpc) is 3.04. The molecule has 0 heterocycles. The zero-order valence-electron chi connectivity index (χ0n) is 24.3. The fraction of sp³-hybridized carbons (Fsp3) is 0.219. The molecule has 4 aromatic carbocycles. The summed E-state index contributed by atoms with van der Waals surface area (Å²) in [6.07, 6.45) is 0.876. The highest BCUT2D eigenvalue weighted by Gasteiger charge is 2.41. The molecule has 0 radical (unpaired) electrons. The second-order valence-corrected chi connectivity index (χ2v) is 11.4. The number of esters is 1. The lowest BCUT2D eigenvalue weighted by Crippen LogP contribution is -2.54. The van der Waals surface area contributed by atoms with Gasteiger partial charge in [0.05, 0.1) is 49.2 Å². The van der Waals surface area contributed by atoms with Crippen LogP contribution < -0.4 is 14.8 Å². The first kappa shape index (κ1) is 32.1. The number of nitrogens with zero attached hydrogens (tertiary/aromatic N) is 1. The molecule has 0 aromatic heterocycles. The van der Waals surface area contributed by atoms with E-state index in [0.29, 0.717) is 0 Å². The molecule has 4 aromatic rings. The van der Waals surface area contributed by atoms with Crippen LogP contribution in [-0.2, 0) is 36.0 Å². The summed E-state index contributed by atoms with van der Waals surface area (Å²) in [4.78, 5) is 25.0. The average molecular weight is 621 g/mol. The molecule has 1 atom stereocenters. The number of ether oxygens (including phenoxy) is 3. The normalized spacial score (nSPS) is 12.2. The van der Waals surface area contributed by atoms with Gasteiger partial charge in [-0.1, -0.05) is 91.0 Å². The van der Waals surface area contributed by atoms with Gasteiger partial charge in [-0.25, -0.2) is 0 Å². The van der Waals surface area contributed by atoms with Gasteiger partial charge in [0.1, 0.15) is 12.6 Å². The van der Waals surface area contributed by atoms with Crippen LogP contribution in [0.1, 0.15) is 22.3 Å². The summed E-state index contributed by atoms with van der Waals surface area (Å²) in [5.41, 5.74) is 0.785. The van der Waals surface area contributed by atoms with E-state index < -0.39 is 45.8 Å². The monoisotopic (exact) mass is 620 g/mol. The Kier molecular flexibility index (Phi) is 10.3. The molecule has 0 bridgehead atoms. The first-order valence-corrected chi connectivity index (χ1v) is 15.2. The highest BCUT2D eigenvalue weighted by atomic mass is 32.2. The van der Waals surface area contributed by atoms with E-state index in [4.69, 9.17) is 18.4 Å². The van der Waals surface area contributed by atoms with E-state index in [1.54, 1.807) is 0 Å². The standard InChI is InChI=1S/C32H32N2O9S/c1-40-29-19-23(28(34(36)37)20-30(29)41-2)21-42-31(35)27(22-43-44(3,38)39)33-32(24-13-7-4-8-14-24,25-15-9-5-10-16-25)26-17-11-6-12-18-26/h4-20,27,33H,21-22H2,1-3H3/t27-/m0/s1. The summed E-state index contributed by atoms with van der Waals surface area (Å²) >= 11 is 0. The van der Waals surface area contributed by atoms with Crippen molar-refractivity contribution in [1.82, 2.24) is 5.32 Å². The number of hydrogen-bond acceptors (Lipinski definition) is 10. The molecule has 4 rings (SSSR count). The molecule has 0 saturated heterocycles. The number of rotatable bonds is 14. The fourth-order valence-electron chi connectivity index (χ4n) is 4.88. The molecular weight excluding hydrogens is 588 g/mol. The molecule has 0 saturated carbocycles. The van der Waals surface area contributed by atoms with Gasteiger partial charge in [0.15, 0.2) is 11.5 Å². The van der Waals surface area contributed by atoms with E-state index >= 15 is 0 Å². The highest BCUT2D eigenvalue weighted by molar-refractivity contribution is 7.85. The van der Waals surface area contributed by atoms with Crippen LogP contribution in [-0.4, -0.2) is 52.4 Å². The van der Waals surface area contributed by atoms with Crippen molar-refractivity contribution in [1.29, 1.82) is 0 Å². The predicted molar refractivity (Wildman–Crippen MR) is 163 cm³/mol. The Morgan fingerprint density at radius 1 is 0.841 bits per heavy atom. The van der Waals surface area contributed by atoms with Gasteiger partial charge in [-0.05, 0) is 22.8 Å². The van der Waals surface area contributed by atoms with Crippen LogP contribution in [0.5, 0.6) is 11.5 Å². The summed E-state index contributed by atoms with van der Waals surface area (Å²) in [5.74, 6) is -0.561. The topological polar surface area (TPSA) is 143 Å². The Labute approximate surface area is 255 Å². The van der Waals surface area contributed by atoms with Crippen molar-refractivity contribution in [2.75, 3.05) is 27.1 Å². The van der Waals surface area contributed by atoms with Crippen molar-refractivity contribution in [3.8, 4) is 11.5 Å². The Balaban J connectivity index is 1.79. The summed E-state index contributed by atoms with van der Waals surface area (Å²) in [6, 6.07) is 29.2. The van der Waals surface area contributed by atoms with Crippen molar-refractivity contribution in [3.05, 3.63) is 135 Å². The number of carbonyl (C=O) groups is 1. The lowest BCUT2D eigenvalue weighted by molar-refractivity contribution is -0.385. The van der Waals surface area contributed by atoms with Gasteiger partial charge in [-0.2, -0.15) is 8.42 Å². The van der Waals surface area contributed by atoms with Crippen LogP contribution in [0.3, 0.4) is 0 Å². The van der Waals surface area contributed by atoms with Crippen LogP contribution in [0.15, 0.2) is 103 Å². The lowest BCUT2D eigenvalue weighted by Gasteiger charge is -2.39. The Morgan fingerprint density at radius 3 is 1.70 bits per heavy atom. The van der Waals surface area contributed by atoms with Crippen LogP contribution in [0.4, 0.5) is 5.69 Å². The SMILES string of the molecule is COc1cc(COC(=O)[C@H](COS(C)(=O)=O)NC(c2ccccc2)(c2ccccc2)c2ccccc2)c([N+](=O)[O-])cc1OC. The van der Waals surface area contributed by atoms with Gasteiger partial charge in [0.2, 0.25) is 0 Å². The predicted octanol–water partition coefficient (Wildman–Crippen LogP) is 4.58. The summed E-state index contributed by atoms with van der Waals surface area (Å²) in [5, 5.41) is 15.2. The second kappa shape index (κ2) is 14.1. The van der Waals surface area contributed by atoms with Crippen LogP contribution in [0, 0.1) is 10.1 Å². The molecule has 0 aliphatic heterocycles. The van der Waals surface area contributed by atoms with E-state index in [0.717, 1.165) is 22.9 Å². The molecule has 0 amide bonds. The second-order valence-electron chi connectivity index (χ2n) is 9.73. The smallest absolute Gasteiger partial charge is 0.325 e. The van der Waals surface area contributed by atoms with E-state index in [1.807, 2.05) is 91.0 Å². The van der Waals surface area contributed by atoms with Gasteiger partial charge in [-0.15, -0.1) is 0 Å². The molecule has 0 unspecified atom stereocenters. The molecule has 0 aliphatic rings. The molecule has 1 N–H and O–H groups in total. The Morgan fingerprint density at radius 2 is 1.30 bits per heavy atom. The molecule has 230 valence electrons. The van der Waals surface area contributed by atoms with Crippen LogP contribution in [0.25, 0.3) is 0 Å². The number of nitrogens with one attached hydrogen (secondary N) is 1. The van der Waals surface area contributed by atoms with Crippen molar-refractivity contribution in [2.45, 2.75) is 18.2 Å². The summed E-state index contributed by atoms with van der Waals surface area (Å²) in [6.45, 7) is -1.12. The third-order valence-electron chi connectivity index (χ3n) is 6.90. The van der Waals surface area contributed by atoms with Crippen molar-refractivity contribution < 1.29 is 36.5 Å². The summed E-state index contributed by atoms with van der Waals surface area (Å²) < 4.78 is 45.3. The largest absolute Gasteiger partial charge is 0.493 e. The maximum absolute atomic E-state index is 13.8. The fourth-order valence-corrected chi connectivity index (χ4v) is 5.26. The molecule has 0 fully saturated rings. The minimum atomic E-state index is -3.97. The Hall–Kier alpha value is -4.78. The van der Waals surface area contributed by atoms with E-state index in [2.05, 4.69) is 5.32 Å². The van der Waals surface area contributed by atoms with Gasteiger partial charge >= 0.3 is 5.97 Å². The minimum Gasteiger partial charge on any atom is -0.493 e. The van der Waals surface area contributed by atoms with Crippen LogP contribution >= 0.6 is 0 Å². The van der Waals surface area contributed by atoms with Crippen molar-refractivity contribution in [3.63, 3.8) is 0 Å². The molecule has 44 heavy (non-hydrogen) atoms. The number of carbonyl (C=O) groups excluding carboxylic acids is 1. The van der Waals surface area contributed by atoms with Crippen molar-refractivity contribution >= 4 is 21.8 Å². The lowest BCUT2D eigenvalue weighted by atomic mass is 9.76. The molecule has 12 heteroatoms. The molecule has 0 spiro atoms. The zero-order valence-corrected chi connectivity index (χ0v) is 25.2. The molecular formula is C32H32N2O9S. The van der Waals surface area contributed by atoms with E-state index in [1.165, 1.54) is 26.4 Å². The van der Waals surface area contributed by atoms with Gasteiger partial charge in [0.25, 0.3) is 15.8 Å². The van der Waals surface area contributed by atoms with Gasteiger partial charge in [0, 0.05) is 0 Å². The Bertz CT molecular complexity index is 1590. The van der Waals surface area contributed by atoms with Gasteiger partial charge < -0.3 is 14.2 Å². The third kappa shape index (κ3) is 7.40.